The minimum Gasteiger partial charge on any atom is -0.395 e. The first kappa shape index (κ1) is 17.9. The molecule has 1 heterocycles. The second-order valence-electron chi connectivity index (χ2n) is 6.48. The van der Waals surface area contributed by atoms with Crippen LogP contribution in [0.1, 0.15) is 44.6 Å². The van der Waals surface area contributed by atoms with Crippen LogP contribution in [0.25, 0.3) is 0 Å². The number of carbonyl (C=O) groups is 1. The van der Waals surface area contributed by atoms with Crippen LogP contribution in [0, 0.1) is 5.92 Å². The molecule has 1 aliphatic carbocycles. The van der Waals surface area contributed by atoms with Crippen LogP contribution >= 0.6 is 0 Å². The largest absolute Gasteiger partial charge is 0.395 e. The Hall–Kier alpha value is -1.46. The van der Waals surface area contributed by atoms with Crippen molar-refractivity contribution in [2.75, 3.05) is 19.7 Å². The van der Waals surface area contributed by atoms with E-state index in [-0.39, 0.29) is 18.6 Å². The Kier molecular flexibility index (Phi) is 7.49. The molecule has 1 fully saturated rings. The third kappa shape index (κ3) is 5.92. The molecule has 0 aromatic carbocycles. The molecule has 2 N–H and O–H groups in total. The molecule has 1 saturated carbocycles. The molecule has 0 radical (unpaired) electrons. The molecule has 0 bridgehead atoms. The summed E-state index contributed by atoms with van der Waals surface area (Å²) in [5.41, 5.74) is 1.05. The smallest absolute Gasteiger partial charge is 0.237 e. The van der Waals surface area contributed by atoms with Crippen LogP contribution < -0.4 is 5.32 Å². The number of nitrogens with one attached hydrogen (secondary N) is 1. The van der Waals surface area contributed by atoms with E-state index in [4.69, 9.17) is 0 Å². The Bertz CT molecular complexity index is 461. The van der Waals surface area contributed by atoms with E-state index < -0.39 is 0 Å². The molecule has 1 atom stereocenters. The van der Waals surface area contributed by atoms with Gasteiger partial charge in [-0.05, 0) is 37.3 Å². The first-order valence-corrected chi connectivity index (χ1v) is 8.72. The molecule has 23 heavy (non-hydrogen) atoms. The zero-order valence-corrected chi connectivity index (χ0v) is 14.1. The number of nitrogens with zero attached hydrogens (tertiary/aromatic N) is 2. The Balaban J connectivity index is 1.85. The predicted molar refractivity (Wildman–Crippen MR) is 90.8 cm³/mol. The lowest BCUT2D eigenvalue weighted by Crippen LogP contribution is -2.47. The van der Waals surface area contributed by atoms with E-state index >= 15 is 0 Å². The number of amides is 1. The topological polar surface area (TPSA) is 65.5 Å². The van der Waals surface area contributed by atoms with Crippen LogP contribution in [0.15, 0.2) is 24.5 Å². The lowest BCUT2D eigenvalue weighted by Gasteiger charge is -2.29. The van der Waals surface area contributed by atoms with E-state index in [9.17, 15) is 9.90 Å². The van der Waals surface area contributed by atoms with E-state index in [1.165, 1.54) is 32.1 Å². The zero-order chi connectivity index (χ0) is 16.5. The Labute approximate surface area is 139 Å². The SMILES string of the molecule is CC(C(=O)NCC1CCCCC1)N(CCO)Cc1cccnc1. The molecular formula is C18H29N3O2. The van der Waals surface area contributed by atoms with Crippen LogP contribution in [-0.2, 0) is 11.3 Å². The van der Waals surface area contributed by atoms with Crippen LogP contribution in [0.2, 0.25) is 0 Å². The molecule has 128 valence electrons. The molecule has 1 aliphatic rings. The highest BCUT2D eigenvalue weighted by Crippen LogP contribution is 2.22. The summed E-state index contributed by atoms with van der Waals surface area (Å²) in [6.07, 6.45) is 9.89. The lowest BCUT2D eigenvalue weighted by molar-refractivity contribution is -0.126. The Morgan fingerprint density at radius 3 is 2.87 bits per heavy atom. The Morgan fingerprint density at radius 1 is 1.43 bits per heavy atom. The first-order chi connectivity index (χ1) is 11.2. The van der Waals surface area contributed by atoms with Crippen molar-refractivity contribution < 1.29 is 9.90 Å². The highest BCUT2D eigenvalue weighted by molar-refractivity contribution is 5.81. The summed E-state index contributed by atoms with van der Waals surface area (Å²) in [6, 6.07) is 3.62. The van der Waals surface area contributed by atoms with Crippen molar-refractivity contribution in [2.24, 2.45) is 5.92 Å². The molecule has 1 amide bonds. The fraction of sp³-hybridized carbons (Fsp3) is 0.667. The van der Waals surface area contributed by atoms with Gasteiger partial charge in [0.15, 0.2) is 0 Å². The second-order valence-corrected chi connectivity index (χ2v) is 6.48. The van der Waals surface area contributed by atoms with Crippen molar-refractivity contribution in [1.82, 2.24) is 15.2 Å². The summed E-state index contributed by atoms with van der Waals surface area (Å²) in [4.78, 5) is 18.5. The maximum atomic E-state index is 12.4. The van der Waals surface area contributed by atoms with Crippen molar-refractivity contribution in [3.63, 3.8) is 0 Å². The predicted octanol–water partition coefficient (Wildman–Crippen LogP) is 1.96. The van der Waals surface area contributed by atoms with Gasteiger partial charge in [0.05, 0.1) is 12.6 Å². The van der Waals surface area contributed by atoms with Gasteiger partial charge in [0, 0.05) is 32.0 Å². The number of aromatic nitrogens is 1. The highest BCUT2D eigenvalue weighted by atomic mass is 16.3. The third-order valence-electron chi connectivity index (χ3n) is 4.71. The highest BCUT2D eigenvalue weighted by Gasteiger charge is 2.22. The van der Waals surface area contributed by atoms with Crippen LogP contribution in [0.4, 0.5) is 0 Å². The number of aliphatic hydroxyl groups excluding tert-OH is 1. The van der Waals surface area contributed by atoms with E-state index in [2.05, 4.69) is 10.3 Å². The van der Waals surface area contributed by atoms with Crippen molar-refractivity contribution in [1.29, 1.82) is 0 Å². The molecule has 1 aromatic rings. The van der Waals surface area contributed by atoms with Gasteiger partial charge in [-0.2, -0.15) is 0 Å². The molecule has 5 nitrogen and oxygen atoms in total. The van der Waals surface area contributed by atoms with Gasteiger partial charge >= 0.3 is 0 Å². The van der Waals surface area contributed by atoms with Gasteiger partial charge in [-0.1, -0.05) is 25.3 Å². The summed E-state index contributed by atoms with van der Waals surface area (Å²) < 4.78 is 0. The monoisotopic (exact) mass is 319 g/mol. The average Bonchev–Trinajstić information content (AvgIpc) is 2.60. The third-order valence-corrected chi connectivity index (χ3v) is 4.71. The fourth-order valence-corrected chi connectivity index (χ4v) is 3.21. The number of carbonyl (C=O) groups excluding carboxylic acids is 1. The second kappa shape index (κ2) is 9.63. The number of pyridine rings is 1. The van der Waals surface area contributed by atoms with Gasteiger partial charge in [0.1, 0.15) is 0 Å². The van der Waals surface area contributed by atoms with E-state index in [0.717, 1.165) is 12.1 Å². The molecule has 1 aromatic heterocycles. The number of hydrogen-bond acceptors (Lipinski definition) is 4. The molecule has 1 unspecified atom stereocenters. The maximum Gasteiger partial charge on any atom is 0.237 e. The Morgan fingerprint density at radius 2 is 2.22 bits per heavy atom. The van der Waals surface area contributed by atoms with E-state index in [1.54, 1.807) is 12.4 Å². The van der Waals surface area contributed by atoms with Crippen LogP contribution in [-0.4, -0.2) is 46.6 Å². The molecule has 5 heteroatoms. The van der Waals surface area contributed by atoms with Gasteiger partial charge in [-0.15, -0.1) is 0 Å². The van der Waals surface area contributed by atoms with E-state index in [1.807, 2.05) is 24.0 Å². The van der Waals surface area contributed by atoms with Crippen LogP contribution in [0.3, 0.4) is 0 Å². The molecule has 0 spiro atoms. The molecule has 0 saturated heterocycles. The van der Waals surface area contributed by atoms with Crippen molar-refractivity contribution >= 4 is 5.91 Å². The molecule has 0 aliphatic heterocycles. The maximum absolute atomic E-state index is 12.4. The average molecular weight is 319 g/mol. The lowest BCUT2D eigenvalue weighted by atomic mass is 9.89. The van der Waals surface area contributed by atoms with Crippen molar-refractivity contribution in [2.45, 2.75) is 51.6 Å². The van der Waals surface area contributed by atoms with Gasteiger partial charge < -0.3 is 10.4 Å². The normalized spacial score (nSPS) is 17.2. The summed E-state index contributed by atoms with van der Waals surface area (Å²) in [5.74, 6) is 0.678. The minimum absolute atomic E-state index is 0.0422. The molecule has 2 rings (SSSR count). The summed E-state index contributed by atoms with van der Waals surface area (Å²) in [7, 11) is 0. The van der Waals surface area contributed by atoms with Crippen molar-refractivity contribution in [3.8, 4) is 0 Å². The van der Waals surface area contributed by atoms with Crippen molar-refractivity contribution in [3.05, 3.63) is 30.1 Å². The van der Waals surface area contributed by atoms with Gasteiger partial charge in [-0.25, -0.2) is 0 Å². The van der Waals surface area contributed by atoms with Gasteiger partial charge in [0.25, 0.3) is 0 Å². The fourth-order valence-electron chi connectivity index (χ4n) is 3.21. The van der Waals surface area contributed by atoms with Gasteiger partial charge in [-0.3, -0.25) is 14.7 Å². The summed E-state index contributed by atoms with van der Waals surface area (Å²) in [5, 5.41) is 12.4. The first-order valence-electron chi connectivity index (χ1n) is 8.72. The standard InChI is InChI=1S/C18H29N3O2/c1-15(18(23)20-13-16-6-3-2-4-7-16)21(10-11-22)14-17-8-5-9-19-12-17/h5,8-9,12,15-16,22H,2-4,6-7,10-11,13-14H2,1H3,(H,20,23). The van der Waals surface area contributed by atoms with Gasteiger partial charge in [0.2, 0.25) is 5.91 Å². The quantitative estimate of drug-likeness (QED) is 0.769. The minimum atomic E-state index is -0.258. The number of aliphatic hydroxyl groups is 1. The summed E-state index contributed by atoms with van der Waals surface area (Å²) >= 11 is 0. The van der Waals surface area contributed by atoms with Crippen LogP contribution in [0.5, 0.6) is 0 Å². The molecular weight excluding hydrogens is 290 g/mol. The van der Waals surface area contributed by atoms with E-state index in [0.29, 0.717) is 19.0 Å². The summed E-state index contributed by atoms with van der Waals surface area (Å²) in [6.45, 7) is 3.82. The zero-order valence-electron chi connectivity index (χ0n) is 14.1. The number of rotatable bonds is 8. The number of hydrogen-bond donors (Lipinski definition) is 2.